The van der Waals surface area contributed by atoms with Gasteiger partial charge in [-0.3, -0.25) is 9.59 Å². The van der Waals surface area contributed by atoms with Crippen molar-refractivity contribution in [3.8, 4) is 0 Å². The van der Waals surface area contributed by atoms with Gasteiger partial charge in [0.1, 0.15) is 0 Å². The summed E-state index contributed by atoms with van der Waals surface area (Å²) >= 11 is 1.25. The number of rotatable bonds is 7. The molecule has 2 rings (SSSR count). The molecule has 0 aliphatic heterocycles. The van der Waals surface area contributed by atoms with Crippen molar-refractivity contribution in [3.05, 3.63) is 59.7 Å². The molecule has 0 aliphatic carbocycles. The highest BCUT2D eigenvalue weighted by molar-refractivity contribution is 8.00. The molecule has 0 saturated heterocycles. The number of carbonyl (C=O) groups excluding carboxylic acids is 3. The van der Waals surface area contributed by atoms with Gasteiger partial charge in [-0.15, -0.1) is 11.8 Å². The Labute approximate surface area is 169 Å². The number of nitrogens with one attached hydrogen (secondary N) is 1. The number of aryl methyl sites for hydroxylation is 1. The van der Waals surface area contributed by atoms with Crippen molar-refractivity contribution < 1.29 is 19.1 Å². The topological polar surface area (TPSA) is 72.5 Å². The second kappa shape index (κ2) is 9.55. The number of hydrogen-bond donors (Lipinski definition) is 1. The molecule has 148 valence electrons. The first-order valence-corrected chi connectivity index (χ1v) is 9.94. The van der Waals surface area contributed by atoms with Gasteiger partial charge in [-0.25, -0.2) is 4.79 Å². The van der Waals surface area contributed by atoms with Crippen molar-refractivity contribution in [2.45, 2.75) is 32.6 Å². The molecule has 0 saturated carbocycles. The third-order valence-corrected chi connectivity index (χ3v) is 5.05. The van der Waals surface area contributed by atoms with Crippen LogP contribution in [0.5, 0.6) is 0 Å². The summed E-state index contributed by atoms with van der Waals surface area (Å²) in [7, 11) is 0. The van der Waals surface area contributed by atoms with Crippen molar-refractivity contribution >= 4 is 35.1 Å². The minimum atomic E-state index is -0.570. The summed E-state index contributed by atoms with van der Waals surface area (Å²) in [4.78, 5) is 37.2. The van der Waals surface area contributed by atoms with Crippen molar-refractivity contribution in [1.29, 1.82) is 0 Å². The van der Waals surface area contributed by atoms with Crippen molar-refractivity contribution in [2.24, 2.45) is 5.41 Å². The van der Waals surface area contributed by atoms with Crippen LogP contribution in [0.15, 0.2) is 53.4 Å². The average molecular weight is 400 g/mol. The number of hydrogen-bond acceptors (Lipinski definition) is 5. The Hall–Kier alpha value is -2.60. The Bertz CT molecular complexity index is 854. The molecule has 28 heavy (non-hydrogen) atoms. The smallest absolute Gasteiger partial charge is 0.339 e. The molecule has 0 aromatic heterocycles. The maximum atomic E-state index is 12.4. The molecule has 0 spiro atoms. The molecule has 1 amide bonds. The van der Waals surface area contributed by atoms with E-state index in [0.717, 1.165) is 11.3 Å². The third-order valence-electron chi connectivity index (χ3n) is 3.97. The van der Waals surface area contributed by atoms with Gasteiger partial charge in [0.05, 0.1) is 11.3 Å². The number of benzene rings is 2. The maximum Gasteiger partial charge on any atom is 0.339 e. The van der Waals surface area contributed by atoms with Crippen LogP contribution in [0.25, 0.3) is 0 Å². The summed E-state index contributed by atoms with van der Waals surface area (Å²) in [5.74, 6) is -0.734. The van der Waals surface area contributed by atoms with Gasteiger partial charge < -0.3 is 10.1 Å². The summed E-state index contributed by atoms with van der Waals surface area (Å²) in [6.45, 7) is 7.04. The standard InChI is InChI=1S/C22H25NO4S/c1-15-9-11-16(12-10-15)23-20(25)14-28-18-8-6-5-7-17(18)21(26)27-13-19(24)22(2,3)4/h5-12H,13-14H2,1-4H3,(H,23,25). The molecule has 6 heteroatoms. The second-order valence-corrected chi connectivity index (χ2v) is 8.47. The van der Waals surface area contributed by atoms with Gasteiger partial charge in [0.2, 0.25) is 5.91 Å². The Kier molecular flexibility index (Phi) is 7.40. The Morgan fingerprint density at radius 3 is 2.29 bits per heavy atom. The number of anilines is 1. The molecule has 0 bridgehead atoms. The van der Waals surface area contributed by atoms with Crippen LogP contribution >= 0.6 is 11.8 Å². The average Bonchev–Trinajstić information content (AvgIpc) is 2.65. The molecule has 0 atom stereocenters. The lowest BCUT2D eigenvalue weighted by Crippen LogP contribution is -2.26. The lowest BCUT2D eigenvalue weighted by molar-refractivity contribution is -0.129. The highest BCUT2D eigenvalue weighted by Crippen LogP contribution is 2.24. The van der Waals surface area contributed by atoms with E-state index in [0.29, 0.717) is 10.5 Å². The van der Waals surface area contributed by atoms with E-state index in [9.17, 15) is 14.4 Å². The SMILES string of the molecule is Cc1ccc(NC(=O)CSc2ccccc2C(=O)OCC(=O)C(C)(C)C)cc1. The number of amides is 1. The molecular weight excluding hydrogens is 374 g/mol. The van der Waals surface area contributed by atoms with E-state index in [2.05, 4.69) is 5.32 Å². The lowest BCUT2D eigenvalue weighted by atomic mass is 9.91. The molecule has 0 radical (unpaired) electrons. The zero-order valence-electron chi connectivity index (χ0n) is 16.6. The summed E-state index contributed by atoms with van der Waals surface area (Å²) < 4.78 is 5.17. The van der Waals surface area contributed by atoms with Crippen LogP contribution in [0.3, 0.4) is 0 Å². The molecular formula is C22H25NO4S. The van der Waals surface area contributed by atoms with E-state index in [4.69, 9.17) is 4.74 Å². The summed E-state index contributed by atoms with van der Waals surface area (Å²) in [5.41, 5.74) is 1.62. The Morgan fingerprint density at radius 1 is 1.00 bits per heavy atom. The zero-order valence-corrected chi connectivity index (χ0v) is 17.4. The minimum Gasteiger partial charge on any atom is -0.454 e. The van der Waals surface area contributed by atoms with Crippen LogP contribution in [-0.4, -0.2) is 30.0 Å². The molecule has 1 N–H and O–H groups in total. The summed E-state index contributed by atoms with van der Waals surface area (Å²) in [6.07, 6.45) is 0. The molecule has 0 heterocycles. The van der Waals surface area contributed by atoms with Crippen LogP contribution in [-0.2, 0) is 14.3 Å². The number of thioether (sulfide) groups is 1. The van der Waals surface area contributed by atoms with Gasteiger partial charge in [-0.05, 0) is 31.2 Å². The minimum absolute atomic E-state index is 0.150. The van der Waals surface area contributed by atoms with Crippen LogP contribution in [0.2, 0.25) is 0 Å². The summed E-state index contributed by atoms with van der Waals surface area (Å²) in [6, 6.07) is 14.4. The van der Waals surface area contributed by atoms with Crippen molar-refractivity contribution in [3.63, 3.8) is 0 Å². The molecule has 2 aromatic carbocycles. The molecule has 2 aromatic rings. The van der Waals surface area contributed by atoms with Gasteiger partial charge in [0.15, 0.2) is 12.4 Å². The van der Waals surface area contributed by atoms with Gasteiger partial charge in [0.25, 0.3) is 0 Å². The van der Waals surface area contributed by atoms with Gasteiger partial charge >= 0.3 is 5.97 Å². The second-order valence-electron chi connectivity index (χ2n) is 7.45. The largest absolute Gasteiger partial charge is 0.454 e. The van der Waals surface area contributed by atoms with Crippen LogP contribution in [0, 0.1) is 12.3 Å². The Morgan fingerprint density at radius 2 is 1.64 bits per heavy atom. The third kappa shape index (κ3) is 6.53. The first-order valence-electron chi connectivity index (χ1n) is 8.95. The van der Waals surface area contributed by atoms with E-state index in [1.807, 2.05) is 31.2 Å². The van der Waals surface area contributed by atoms with Gasteiger partial charge in [-0.1, -0.05) is 50.6 Å². The van der Waals surface area contributed by atoms with Gasteiger partial charge in [-0.2, -0.15) is 0 Å². The zero-order chi connectivity index (χ0) is 20.7. The highest BCUT2D eigenvalue weighted by atomic mass is 32.2. The monoisotopic (exact) mass is 399 g/mol. The quantitative estimate of drug-likeness (QED) is 0.548. The Balaban J connectivity index is 1.95. The van der Waals surface area contributed by atoms with E-state index in [1.165, 1.54) is 11.8 Å². The normalized spacial score (nSPS) is 11.0. The van der Waals surface area contributed by atoms with E-state index in [-0.39, 0.29) is 24.1 Å². The molecule has 0 unspecified atom stereocenters. The van der Waals surface area contributed by atoms with Crippen LogP contribution < -0.4 is 5.32 Å². The highest BCUT2D eigenvalue weighted by Gasteiger charge is 2.23. The number of ether oxygens (including phenoxy) is 1. The van der Waals surface area contributed by atoms with E-state index in [1.54, 1.807) is 45.0 Å². The molecule has 5 nitrogen and oxygen atoms in total. The van der Waals surface area contributed by atoms with E-state index < -0.39 is 11.4 Å². The predicted molar refractivity (Wildman–Crippen MR) is 112 cm³/mol. The number of ketones is 1. The predicted octanol–water partition coefficient (Wildman–Crippen LogP) is 4.50. The fraction of sp³-hybridized carbons (Fsp3) is 0.318. The lowest BCUT2D eigenvalue weighted by Gasteiger charge is -2.16. The van der Waals surface area contributed by atoms with E-state index >= 15 is 0 Å². The van der Waals surface area contributed by atoms with Gasteiger partial charge in [0, 0.05) is 16.0 Å². The molecule has 0 fully saturated rings. The maximum absolute atomic E-state index is 12.4. The summed E-state index contributed by atoms with van der Waals surface area (Å²) in [5, 5.41) is 2.82. The van der Waals surface area contributed by atoms with Crippen molar-refractivity contribution in [2.75, 3.05) is 17.7 Å². The van der Waals surface area contributed by atoms with Crippen LogP contribution in [0.1, 0.15) is 36.7 Å². The first-order chi connectivity index (χ1) is 13.2. The van der Waals surface area contributed by atoms with Crippen molar-refractivity contribution in [1.82, 2.24) is 0 Å². The number of carbonyl (C=O) groups is 3. The van der Waals surface area contributed by atoms with Crippen LogP contribution in [0.4, 0.5) is 5.69 Å². The number of Topliss-reactive ketones (excluding diaryl/α,β-unsaturated/α-hetero) is 1. The number of esters is 1. The first kappa shape index (κ1) is 21.7. The molecule has 0 aliphatic rings. The fourth-order valence-corrected chi connectivity index (χ4v) is 3.00. The fourth-order valence-electron chi connectivity index (χ4n) is 2.16.